The number of amides is 4. The molecule has 136 valence electrons. The SMILES string of the molecule is Cc1ccsc1CN(C)C(=O)CN1C(=O)N[C@@]2(CCCC[C@H]2C)C1=O. The summed E-state index contributed by atoms with van der Waals surface area (Å²) < 4.78 is 0. The maximum atomic E-state index is 12.9. The maximum absolute atomic E-state index is 12.9. The number of nitrogens with zero attached hydrogens (tertiary/aromatic N) is 2. The zero-order chi connectivity index (χ0) is 18.2. The normalized spacial score (nSPS) is 26.2. The molecule has 1 aliphatic carbocycles. The lowest BCUT2D eigenvalue weighted by Gasteiger charge is -2.36. The summed E-state index contributed by atoms with van der Waals surface area (Å²) in [6.07, 6.45) is 3.59. The van der Waals surface area contributed by atoms with Gasteiger partial charge in [-0.1, -0.05) is 19.8 Å². The van der Waals surface area contributed by atoms with Crippen LogP contribution in [-0.2, 0) is 16.1 Å². The van der Waals surface area contributed by atoms with E-state index in [0.29, 0.717) is 13.0 Å². The molecule has 1 saturated carbocycles. The molecule has 1 aliphatic heterocycles. The number of aryl methyl sites for hydroxylation is 1. The number of thiophene rings is 1. The highest BCUT2D eigenvalue weighted by Gasteiger charge is 2.55. The van der Waals surface area contributed by atoms with Gasteiger partial charge in [-0.15, -0.1) is 11.3 Å². The molecule has 25 heavy (non-hydrogen) atoms. The average Bonchev–Trinajstić information content (AvgIpc) is 3.07. The van der Waals surface area contributed by atoms with Gasteiger partial charge in [-0.25, -0.2) is 4.79 Å². The Morgan fingerprint density at radius 1 is 1.44 bits per heavy atom. The van der Waals surface area contributed by atoms with E-state index in [1.54, 1.807) is 23.3 Å². The van der Waals surface area contributed by atoms with Gasteiger partial charge in [-0.05, 0) is 42.7 Å². The van der Waals surface area contributed by atoms with Crippen molar-refractivity contribution in [2.75, 3.05) is 13.6 Å². The molecule has 0 aromatic carbocycles. The fourth-order valence-corrected chi connectivity index (χ4v) is 4.72. The second-order valence-electron chi connectivity index (χ2n) is 7.22. The van der Waals surface area contributed by atoms with E-state index in [9.17, 15) is 14.4 Å². The lowest BCUT2D eigenvalue weighted by molar-refractivity contribution is -0.140. The number of carbonyl (C=O) groups excluding carboxylic acids is 3. The molecule has 2 heterocycles. The molecule has 2 atom stereocenters. The Morgan fingerprint density at radius 2 is 2.20 bits per heavy atom. The van der Waals surface area contributed by atoms with Crippen LogP contribution in [0, 0.1) is 12.8 Å². The second-order valence-corrected chi connectivity index (χ2v) is 8.22. The van der Waals surface area contributed by atoms with E-state index in [1.807, 2.05) is 25.3 Å². The van der Waals surface area contributed by atoms with Gasteiger partial charge in [-0.3, -0.25) is 14.5 Å². The van der Waals surface area contributed by atoms with Crippen molar-refractivity contribution in [3.05, 3.63) is 21.9 Å². The number of hydrogen-bond acceptors (Lipinski definition) is 4. The van der Waals surface area contributed by atoms with E-state index in [4.69, 9.17) is 0 Å². The minimum atomic E-state index is -0.807. The molecular formula is C18H25N3O3S. The number of rotatable bonds is 4. The molecular weight excluding hydrogens is 338 g/mol. The molecule has 1 aromatic heterocycles. The molecule has 3 rings (SSSR count). The Labute approximate surface area is 152 Å². The Balaban J connectivity index is 1.67. The van der Waals surface area contributed by atoms with Crippen LogP contribution in [-0.4, -0.2) is 46.8 Å². The minimum absolute atomic E-state index is 0.101. The monoisotopic (exact) mass is 363 g/mol. The zero-order valence-electron chi connectivity index (χ0n) is 15.0. The molecule has 0 bridgehead atoms. The van der Waals surface area contributed by atoms with Crippen molar-refractivity contribution in [3.63, 3.8) is 0 Å². The predicted molar refractivity (Wildman–Crippen MR) is 96.1 cm³/mol. The van der Waals surface area contributed by atoms with Crippen LogP contribution in [0.2, 0.25) is 0 Å². The molecule has 2 fully saturated rings. The minimum Gasteiger partial charge on any atom is -0.339 e. The number of hydrogen-bond donors (Lipinski definition) is 1. The summed E-state index contributed by atoms with van der Waals surface area (Å²) in [5, 5.41) is 4.88. The first-order valence-corrected chi connectivity index (χ1v) is 9.64. The first-order chi connectivity index (χ1) is 11.8. The number of urea groups is 1. The summed E-state index contributed by atoms with van der Waals surface area (Å²) in [4.78, 5) is 41.6. The van der Waals surface area contributed by atoms with Crippen LogP contribution in [0.4, 0.5) is 4.79 Å². The third kappa shape index (κ3) is 3.17. The van der Waals surface area contributed by atoms with E-state index < -0.39 is 11.6 Å². The molecule has 4 amide bonds. The highest BCUT2D eigenvalue weighted by Crippen LogP contribution is 2.38. The van der Waals surface area contributed by atoms with Gasteiger partial charge >= 0.3 is 6.03 Å². The van der Waals surface area contributed by atoms with Crippen molar-refractivity contribution in [3.8, 4) is 0 Å². The smallest absolute Gasteiger partial charge is 0.325 e. The van der Waals surface area contributed by atoms with Gasteiger partial charge in [0.15, 0.2) is 0 Å². The van der Waals surface area contributed by atoms with Gasteiger partial charge < -0.3 is 10.2 Å². The van der Waals surface area contributed by atoms with Gasteiger partial charge in [0.1, 0.15) is 12.1 Å². The average molecular weight is 363 g/mol. The van der Waals surface area contributed by atoms with Crippen molar-refractivity contribution < 1.29 is 14.4 Å². The van der Waals surface area contributed by atoms with E-state index in [-0.39, 0.29) is 24.3 Å². The molecule has 1 saturated heterocycles. The van der Waals surface area contributed by atoms with Crippen LogP contribution < -0.4 is 5.32 Å². The van der Waals surface area contributed by atoms with Gasteiger partial charge in [0.2, 0.25) is 5.91 Å². The quantitative estimate of drug-likeness (QED) is 0.836. The molecule has 6 nitrogen and oxygen atoms in total. The Hall–Kier alpha value is -1.89. The summed E-state index contributed by atoms with van der Waals surface area (Å²) in [6.45, 7) is 4.32. The van der Waals surface area contributed by atoms with Crippen molar-refractivity contribution in [2.24, 2.45) is 5.92 Å². The number of nitrogens with one attached hydrogen (secondary N) is 1. The lowest BCUT2D eigenvalue weighted by Crippen LogP contribution is -2.54. The van der Waals surface area contributed by atoms with Crippen LogP contribution in [0.25, 0.3) is 0 Å². The molecule has 7 heteroatoms. The lowest BCUT2D eigenvalue weighted by atomic mass is 9.73. The second kappa shape index (κ2) is 6.78. The third-order valence-electron chi connectivity index (χ3n) is 5.57. The van der Waals surface area contributed by atoms with Gasteiger partial charge in [-0.2, -0.15) is 0 Å². The van der Waals surface area contributed by atoms with Crippen LogP contribution in [0.5, 0.6) is 0 Å². The Kier molecular flexibility index (Phi) is 4.86. The number of imide groups is 1. The molecule has 0 radical (unpaired) electrons. The van der Waals surface area contributed by atoms with Gasteiger partial charge in [0, 0.05) is 11.9 Å². The highest BCUT2D eigenvalue weighted by molar-refractivity contribution is 7.10. The summed E-state index contributed by atoms with van der Waals surface area (Å²) in [5.74, 6) is -0.361. The standard InChI is InChI=1S/C18H25N3O3S/c1-12-7-9-25-14(12)10-20(3)15(22)11-21-16(23)18(19-17(21)24)8-5-4-6-13(18)2/h7,9,13H,4-6,8,10-11H2,1-3H3,(H,19,24)/t13-,18-/m1/s1. The third-order valence-corrected chi connectivity index (χ3v) is 6.58. The molecule has 2 aliphatic rings. The fraction of sp³-hybridized carbons (Fsp3) is 0.611. The van der Waals surface area contributed by atoms with Gasteiger partial charge in [0.05, 0.1) is 6.54 Å². The van der Waals surface area contributed by atoms with Crippen LogP contribution >= 0.6 is 11.3 Å². The number of carbonyl (C=O) groups is 3. The summed E-state index contributed by atoms with van der Waals surface area (Å²) >= 11 is 1.60. The van der Waals surface area contributed by atoms with Crippen molar-refractivity contribution in [1.82, 2.24) is 15.1 Å². The van der Waals surface area contributed by atoms with E-state index in [2.05, 4.69) is 5.32 Å². The van der Waals surface area contributed by atoms with Crippen LogP contribution in [0.15, 0.2) is 11.4 Å². The zero-order valence-corrected chi connectivity index (χ0v) is 15.8. The largest absolute Gasteiger partial charge is 0.339 e. The van der Waals surface area contributed by atoms with E-state index in [1.165, 1.54) is 0 Å². The van der Waals surface area contributed by atoms with Crippen molar-refractivity contribution in [2.45, 2.75) is 51.6 Å². The summed E-state index contributed by atoms with van der Waals surface area (Å²) in [5.41, 5.74) is 0.341. The summed E-state index contributed by atoms with van der Waals surface area (Å²) in [7, 11) is 1.71. The van der Waals surface area contributed by atoms with Gasteiger partial charge in [0.25, 0.3) is 5.91 Å². The Bertz CT molecular complexity index is 701. The topological polar surface area (TPSA) is 69.7 Å². The number of likely N-dealkylation sites (N-methyl/N-ethyl adjacent to an activating group) is 1. The highest BCUT2D eigenvalue weighted by atomic mass is 32.1. The van der Waals surface area contributed by atoms with Crippen LogP contribution in [0.3, 0.4) is 0 Å². The Morgan fingerprint density at radius 3 is 2.84 bits per heavy atom. The first-order valence-electron chi connectivity index (χ1n) is 8.76. The van der Waals surface area contributed by atoms with Crippen molar-refractivity contribution in [1.29, 1.82) is 0 Å². The van der Waals surface area contributed by atoms with Crippen LogP contribution in [0.1, 0.15) is 43.0 Å². The molecule has 0 unspecified atom stereocenters. The molecule has 1 spiro atoms. The van der Waals surface area contributed by atoms with Crippen molar-refractivity contribution >= 4 is 29.2 Å². The fourth-order valence-electron chi connectivity index (χ4n) is 3.76. The van der Waals surface area contributed by atoms with E-state index >= 15 is 0 Å². The molecule has 1 aromatic rings. The predicted octanol–water partition coefficient (Wildman–Crippen LogP) is 2.52. The first kappa shape index (κ1) is 17.9. The summed E-state index contributed by atoms with van der Waals surface area (Å²) in [6, 6.07) is 1.58. The van der Waals surface area contributed by atoms with E-state index in [0.717, 1.165) is 34.6 Å². The molecule has 1 N–H and O–H groups in total. The maximum Gasteiger partial charge on any atom is 0.325 e.